The molecular weight excluding hydrogens is 309 g/mol. The van der Waals surface area contributed by atoms with Crippen LogP contribution in [0.3, 0.4) is 0 Å². The van der Waals surface area contributed by atoms with Gasteiger partial charge < -0.3 is 10.1 Å². The van der Waals surface area contributed by atoms with Gasteiger partial charge in [0.2, 0.25) is 0 Å². The number of hydrogen-bond donors (Lipinski definition) is 1. The van der Waals surface area contributed by atoms with Gasteiger partial charge in [0.15, 0.2) is 0 Å². The highest BCUT2D eigenvalue weighted by Gasteiger charge is 2.53. The Bertz CT molecular complexity index is 448. The Morgan fingerprint density at radius 1 is 1.42 bits per heavy atom. The predicted molar refractivity (Wildman–Crippen MR) is 79.0 cm³/mol. The van der Waals surface area contributed by atoms with E-state index in [2.05, 4.69) is 35.1 Å². The number of hydrogen-bond acceptors (Lipinski definition) is 2. The zero-order valence-corrected chi connectivity index (χ0v) is 13.3. The standard InChI is InChI=1S/C15H21BrFNO/c1-4-15(5-2)13(18-3)9-14(15)19-10-6-7-12(17)11(16)8-10/h6-8,13-14,18H,4-5,9H2,1-3H3. The van der Waals surface area contributed by atoms with Gasteiger partial charge in [0, 0.05) is 17.9 Å². The van der Waals surface area contributed by atoms with E-state index in [1.54, 1.807) is 12.1 Å². The molecular formula is C15H21BrFNO. The first-order valence-corrected chi connectivity index (χ1v) is 7.65. The summed E-state index contributed by atoms with van der Waals surface area (Å²) in [7, 11) is 2.01. The lowest BCUT2D eigenvalue weighted by molar-refractivity contribution is -0.0836. The van der Waals surface area contributed by atoms with Gasteiger partial charge in [-0.1, -0.05) is 13.8 Å². The van der Waals surface area contributed by atoms with Gasteiger partial charge in [0.05, 0.1) is 4.47 Å². The van der Waals surface area contributed by atoms with Gasteiger partial charge in [-0.15, -0.1) is 0 Å². The van der Waals surface area contributed by atoms with Gasteiger partial charge in [0.1, 0.15) is 17.7 Å². The molecule has 2 atom stereocenters. The smallest absolute Gasteiger partial charge is 0.137 e. The fourth-order valence-corrected chi connectivity index (χ4v) is 3.59. The highest BCUT2D eigenvalue weighted by Crippen LogP contribution is 2.48. The Labute approximate surface area is 122 Å². The topological polar surface area (TPSA) is 21.3 Å². The Hall–Kier alpha value is -0.610. The highest BCUT2D eigenvalue weighted by molar-refractivity contribution is 9.10. The van der Waals surface area contributed by atoms with E-state index in [0.29, 0.717) is 10.5 Å². The van der Waals surface area contributed by atoms with Crippen molar-refractivity contribution in [3.63, 3.8) is 0 Å². The summed E-state index contributed by atoms with van der Waals surface area (Å²) >= 11 is 3.20. The lowest BCUT2D eigenvalue weighted by atomic mass is 9.58. The van der Waals surface area contributed by atoms with Crippen molar-refractivity contribution >= 4 is 15.9 Å². The van der Waals surface area contributed by atoms with E-state index in [9.17, 15) is 4.39 Å². The van der Waals surface area contributed by atoms with Gasteiger partial charge in [-0.25, -0.2) is 4.39 Å². The van der Waals surface area contributed by atoms with Crippen molar-refractivity contribution in [2.24, 2.45) is 5.41 Å². The van der Waals surface area contributed by atoms with Crippen LogP contribution in [0.1, 0.15) is 33.1 Å². The molecule has 0 spiro atoms. The first kappa shape index (κ1) is 14.8. The Morgan fingerprint density at radius 2 is 2.11 bits per heavy atom. The van der Waals surface area contributed by atoms with E-state index in [4.69, 9.17) is 4.74 Å². The molecule has 106 valence electrons. The molecule has 1 N–H and O–H groups in total. The lowest BCUT2D eigenvalue weighted by Gasteiger charge is -2.55. The number of halogens is 2. The van der Waals surface area contributed by atoms with E-state index in [0.717, 1.165) is 25.0 Å². The molecule has 1 aliphatic carbocycles. The summed E-state index contributed by atoms with van der Waals surface area (Å²) < 4.78 is 19.8. The van der Waals surface area contributed by atoms with Crippen molar-refractivity contribution in [2.45, 2.75) is 45.3 Å². The fourth-order valence-electron chi connectivity index (χ4n) is 3.23. The average molecular weight is 330 g/mol. The monoisotopic (exact) mass is 329 g/mol. The third-order valence-corrected chi connectivity index (χ3v) is 5.23. The molecule has 0 aromatic heterocycles. The molecule has 4 heteroatoms. The maximum atomic E-state index is 13.2. The van der Waals surface area contributed by atoms with Crippen molar-refractivity contribution in [1.29, 1.82) is 0 Å². The lowest BCUT2D eigenvalue weighted by Crippen LogP contribution is -2.63. The second-order valence-electron chi connectivity index (χ2n) is 5.20. The van der Waals surface area contributed by atoms with Crippen LogP contribution in [0.15, 0.2) is 22.7 Å². The Balaban J connectivity index is 2.13. The van der Waals surface area contributed by atoms with Crippen molar-refractivity contribution in [3.05, 3.63) is 28.5 Å². The van der Waals surface area contributed by atoms with E-state index in [1.165, 1.54) is 6.07 Å². The summed E-state index contributed by atoms with van der Waals surface area (Å²) in [5.41, 5.74) is 0.190. The molecule has 2 nitrogen and oxygen atoms in total. The number of ether oxygens (including phenoxy) is 1. The summed E-state index contributed by atoms with van der Waals surface area (Å²) in [4.78, 5) is 0. The Morgan fingerprint density at radius 3 is 2.63 bits per heavy atom. The molecule has 2 rings (SSSR count). The SMILES string of the molecule is CCC1(CC)C(NC)CC1Oc1ccc(F)c(Br)c1. The molecule has 0 bridgehead atoms. The van der Waals surface area contributed by atoms with E-state index >= 15 is 0 Å². The van der Waals surface area contributed by atoms with E-state index in [-0.39, 0.29) is 17.3 Å². The summed E-state index contributed by atoms with van der Waals surface area (Å²) in [6, 6.07) is 5.35. The van der Waals surface area contributed by atoms with Crippen LogP contribution in [0.5, 0.6) is 5.75 Å². The zero-order chi connectivity index (χ0) is 14.0. The quantitative estimate of drug-likeness (QED) is 0.876. The van der Waals surface area contributed by atoms with Crippen LogP contribution < -0.4 is 10.1 Å². The number of rotatable bonds is 5. The van der Waals surface area contributed by atoms with Gasteiger partial charge in [-0.2, -0.15) is 0 Å². The molecule has 1 fully saturated rings. The second-order valence-corrected chi connectivity index (χ2v) is 6.05. The molecule has 1 aromatic rings. The van der Waals surface area contributed by atoms with Crippen LogP contribution in [-0.4, -0.2) is 19.2 Å². The summed E-state index contributed by atoms with van der Waals surface area (Å²) in [6.07, 6.45) is 3.38. The van der Waals surface area contributed by atoms with Gasteiger partial charge in [-0.05, 0) is 54.0 Å². The van der Waals surface area contributed by atoms with E-state index < -0.39 is 0 Å². The normalized spacial score (nSPS) is 24.9. The molecule has 0 amide bonds. The van der Waals surface area contributed by atoms with Crippen molar-refractivity contribution in [2.75, 3.05) is 7.05 Å². The molecule has 0 saturated heterocycles. The minimum Gasteiger partial charge on any atom is -0.490 e. The van der Waals surface area contributed by atoms with Crippen LogP contribution >= 0.6 is 15.9 Å². The van der Waals surface area contributed by atoms with Crippen LogP contribution in [-0.2, 0) is 0 Å². The van der Waals surface area contributed by atoms with Crippen molar-refractivity contribution in [3.8, 4) is 5.75 Å². The van der Waals surface area contributed by atoms with Crippen LogP contribution in [0.2, 0.25) is 0 Å². The van der Waals surface area contributed by atoms with Gasteiger partial charge in [-0.3, -0.25) is 0 Å². The predicted octanol–water partition coefficient (Wildman–Crippen LogP) is 4.13. The first-order valence-electron chi connectivity index (χ1n) is 6.86. The van der Waals surface area contributed by atoms with Gasteiger partial charge in [0.25, 0.3) is 0 Å². The molecule has 0 radical (unpaired) electrons. The zero-order valence-electron chi connectivity index (χ0n) is 11.7. The molecule has 2 unspecified atom stereocenters. The summed E-state index contributed by atoms with van der Waals surface area (Å²) in [6.45, 7) is 4.42. The fraction of sp³-hybridized carbons (Fsp3) is 0.600. The van der Waals surface area contributed by atoms with Crippen LogP contribution in [0, 0.1) is 11.2 Å². The third-order valence-electron chi connectivity index (χ3n) is 4.62. The minimum atomic E-state index is -0.258. The molecule has 19 heavy (non-hydrogen) atoms. The Kier molecular flexibility index (Phi) is 4.51. The summed E-state index contributed by atoms with van der Waals surface area (Å²) in [5, 5.41) is 3.38. The number of nitrogens with one attached hydrogen (secondary N) is 1. The third kappa shape index (κ3) is 2.52. The second kappa shape index (κ2) is 5.80. The molecule has 1 saturated carbocycles. The van der Waals surface area contributed by atoms with Crippen molar-refractivity contribution in [1.82, 2.24) is 5.32 Å². The van der Waals surface area contributed by atoms with Crippen LogP contribution in [0.25, 0.3) is 0 Å². The highest BCUT2D eigenvalue weighted by atomic mass is 79.9. The van der Waals surface area contributed by atoms with Gasteiger partial charge >= 0.3 is 0 Å². The number of benzene rings is 1. The molecule has 1 aromatic carbocycles. The molecule has 0 heterocycles. The maximum Gasteiger partial charge on any atom is 0.137 e. The summed E-state index contributed by atoms with van der Waals surface area (Å²) in [5.74, 6) is 0.477. The van der Waals surface area contributed by atoms with Crippen molar-refractivity contribution < 1.29 is 9.13 Å². The molecule has 1 aliphatic rings. The van der Waals surface area contributed by atoms with E-state index in [1.807, 2.05) is 7.05 Å². The average Bonchev–Trinajstić information content (AvgIpc) is 2.40. The minimum absolute atomic E-state index is 0.190. The largest absolute Gasteiger partial charge is 0.490 e. The van der Waals surface area contributed by atoms with Crippen LogP contribution in [0.4, 0.5) is 4.39 Å². The first-order chi connectivity index (χ1) is 9.07. The molecule has 0 aliphatic heterocycles. The maximum absolute atomic E-state index is 13.2.